The zero-order chi connectivity index (χ0) is 15.1. The molecule has 4 unspecified atom stereocenters. The Bertz CT molecular complexity index is 333. The Hall–Kier alpha value is -1.26. The van der Waals surface area contributed by atoms with Crippen molar-refractivity contribution in [3.05, 3.63) is 0 Å². The molecule has 0 aromatic carbocycles. The van der Waals surface area contributed by atoms with Gasteiger partial charge in [0.15, 0.2) is 0 Å². The lowest BCUT2D eigenvalue weighted by Crippen LogP contribution is -2.53. The predicted octanol–water partition coefficient (Wildman–Crippen LogP) is 2.75. The van der Waals surface area contributed by atoms with Crippen molar-refractivity contribution in [2.45, 2.75) is 71.4 Å². The molecule has 5 nitrogen and oxygen atoms in total. The lowest BCUT2D eigenvalue weighted by molar-refractivity contribution is -0.140. The van der Waals surface area contributed by atoms with Crippen LogP contribution in [0.2, 0.25) is 0 Å². The zero-order valence-corrected chi connectivity index (χ0v) is 12.8. The van der Waals surface area contributed by atoms with Gasteiger partial charge in [-0.05, 0) is 24.7 Å². The van der Waals surface area contributed by atoms with Gasteiger partial charge in [0.05, 0.1) is 0 Å². The van der Waals surface area contributed by atoms with E-state index in [0.717, 1.165) is 32.1 Å². The summed E-state index contributed by atoms with van der Waals surface area (Å²) in [5, 5.41) is 14.8. The number of amides is 2. The van der Waals surface area contributed by atoms with Crippen LogP contribution in [0.25, 0.3) is 0 Å². The Morgan fingerprint density at radius 2 is 1.90 bits per heavy atom. The van der Waals surface area contributed by atoms with Crippen molar-refractivity contribution in [3.63, 3.8) is 0 Å². The Balaban J connectivity index is 2.54. The molecule has 116 valence electrons. The van der Waals surface area contributed by atoms with Gasteiger partial charge in [0.2, 0.25) is 0 Å². The fourth-order valence-electron chi connectivity index (χ4n) is 2.92. The molecule has 0 aliphatic heterocycles. The third-order valence-corrected chi connectivity index (χ3v) is 4.52. The number of rotatable bonds is 6. The topological polar surface area (TPSA) is 78.4 Å². The zero-order valence-electron chi connectivity index (χ0n) is 12.8. The van der Waals surface area contributed by atoms with Gasteiger partial charge in [0, 0.05) is 6.04 Å². The first kappa shape index (κ1) is 16.8. The minimum Gasteiger partial charge on any atom is -0.480 e. The number of carbonyl (C=O) groups is 2. The highest BCUT2D eigenvalue weighted by molar-refractivity contribution is 5.82. The van der Waals surface area contributed by atoms with Crippen LogP contribution in [0.5, 0.6) is 0 Å². The van der Waals surface area contributed by atoms with E-state index >= 15 is 0 Å². The highest BCUT2D eigenvalue weighted by atomic mass is 16.4. The number of urea groups is 1. The molecule has 3 N–H and O–H groups in total. The summed E-state index contributed by atoms with van der Waals surface area (Å²) in [6.07, 6.45) is 6.27. The standard InChI is InChI=1S/C15H28N2O3/c1-4-10(3)13(14(18)19)17-15(20)16-12-9-7-6-8-11(12)5-2/h10-13H,4-9H2,1-3H3,(H,18,19)(H2,16,17,20). The van der Waals surface area contributed by atoms with Crippen LogP contribution in [-0.4, -0.2) is 29.2 Å². The number of hydrogen-bond donors (Lipinski definition) is 3. The van der Waals surface area contributed by atoms with Crippen LogP contribution >= 0.6 is 0 Å². The SMILES string of the molecule is CCC(C)C(NC(=O)NC1CCCCC1CC)C(=O)O. The van der Waals surface area contributed by atoms with Gasteiger partial charge in [-0.25, -0.2) is 9.59 Å². The number of carboxylic acid groups (broad SMARTS) is 1. The Labute approximate surface area is 121 Å². The van der Waals surface area contributed by atoms with E-state index in [0.29, 0.717) is 5.92 Å². The van der Waals surface area contributed by atoms with Gasteiger partial charge >= 0.3 is 12.0 Å². The second kappa shape index (κ2) is 8.12. The average Bonchev–Trinajstić information content (AvgIpc) is 2.44. The first-order valence-electron chi connectivity index (χ1n) is 7.79. The van der Waals surface area contributed by atoms with Crippen molar-refractivity contribution in [2.24, 2.45) is 11.8 Å². The largest absolute Gasteiger partial charge is 0.480 e. The highest BCUT2D eigenvalue weighted by Gasteiger charge is 2.28. The van der Waals surface area contributed by atoms with Crippen LogP contribution in [-0.2, 0) is 4.79 Å². The van der Waals surface area contributed by atoms with Gasteiger partial charge in [-0.1, -0.05) is 46.5 Å². The van der Waals surface area contributed by atoms with E-state index < -0.39 is 12.0 Å². The Kier molecular flexibility index (Phi) is 6.82. The van der Waals surface area contributed by atoms with E-state index in [-0.39, 0.29) is 18.0 Å². The van der Waals surface area contributed by atoms with Crippen molar-refractivity contribution in [1.29, 1.82) is 0 Å². The molecule has 0 aromatic heterocycles. The van der Waals surface area contributed by atoms with E-state index in [1.807, 2.05) is 13.8 Å². The summed E-state index contributed by atoms with van der Waals surface area (Å²) in [5.41, 5.74) is 0. The van der Waals surface area contributed by atoms with Gasteiger partial charge in [-0.2, -0.15) is 0 Å². The van der Waals surface area contributed by atoms with Gasteiger partial charge in [-0.3, -0.25) is 0 Å². The second-order valence-electron chi connectivity index (χ2n) is 5.88. The third kappa shape index (κ3) is 4.69. The van der Waals surface area contributed by atoms with Crippen LogP contribution in [0.1, 0.15) is 59.3 Å². The number of nitrogens with one attached hydrogen (secondary N) is 2. The number of hydrogen-bond acceptors (Lipinski definition) is 2. The number of carboxylic acids is 1. The fraction of sp³-hybridized carbons (Fsp3) is 0.867. The maximum Gasteiger partial charge on any atom is 0.326 e. The summed E-state index contributed by atoms with van der Waals surface area (Å²) < 4.78 is 0. The van der Waals surface area contributed by atoms with E-state index in [1.54, 1.807) is 0 Å². The molecule has 1 aliphatic rings. The van der Waals surface area contributed by atoms with Crippen molar-refractivity contribution in [3.8, 4) is 0 Å². The monoisotopic (exact) mass is 284 g/mol. The van der Waals surface area contributed by atoms with Gasteiger partial charge < -0.3 is 15.7 Å². The smallest absolute Gasteiger partial charge is 0.326 e. The van der Waals surface area contributed by atoms with Crippen LogP contribution < -0.4 is 10.6 Å². The van der Waals surface area contributed by atoms with Crippen LogP contribution in [0.15, 0.2) is 0 Å². The molecule has 5 heteroatoms. The maximum atomic E-state index is 12.0. The summed E-state index contributed by atoms with van der Waals surface area (Å²) in [6, 6.07) is -0.980. The minimum atomic E-state index is -0.967. The molecule has 0 radical (unpaired) electrons. The first-order chi connectivity index (χ1) is 9.49. The van der Waals surface area contributed by atoms with Crippen LogP contribution in [0.4, 0.5) is 4.79 Å². The quantitative estimate of drug-likeness (QED) is 0.701. The summed E-state index contributed by atoms with van der Waals surface area (Å²) in [4.78, 5) is 23.2. The molecule has 20 heavy (non-hydrogen) atoms. The molecule has 0 bridgehead atoms. The third-order valence-electron chi connectivity index (χ3n) is 4.52. The molecule has 0 spiro atoms. The summed E-state index contributed by atoms with van der Waals surface area (Å²) in [5.74, 6) is -0.529. The van der Waals surface area contributed by atoms with E-state index in [1.165, 1.54) is 6.42 Å². The van der Waals surface area contributed by atoms with Gasteiger partial charge in [0.1, 0.15) is 6.04 Å². The molecular weight excluding hydrogens is 256 g/mol. The van der Waals surface area contributed by atoms with Crippen molar-refractivity contribution in [1.82, 2.24) is 10.6 Å². The van der Waals surface area contributed by atoms with Crippen molar-refractivity contribution >= 4 is 12.0 Å². The lowest BCUT2D eigenvalue weighted by Gasteiger charge is -2.32. The minimum absolute atomic E-state index is 0.0772. The van der Waals surface area contributed by atoms with E-state index in [2.05, 4.69) is 17.6 Å². The molecule has 1 aliphatic carbocycles. The molecule has 1 saturated carbocycles. The molecule has 1 fully saturated rings. The molecule has 1 rings (SSSR count). The normalized spacial score (nSPS) is 25.6. The second-order valence-corrected chi connectivity index (χ2v) is 5.88. The average molecular weight is 284 g/mol. The first-order valence-corrected chi connectivity index (χ1v) is 7.79. The summed E-state index contributed by atoms with van der Waals surface area (Å²) in [7, 11) is 0. The summed E-state index contributed by atoms with van der Waals surface area (Å²) in [6.45, 7) is 5.91. The maximum absolute atomic E-state index is 12.0. The fourth-order valence-corrected chi connectivity index (χ4v) is 2.92. The molecular formula is C15H28N2O3. The van der Waals surface area contributed by atoms with E-state index in [9.17, 15) is 14.7 Å². The van der Waals surface area contributed by atoms with Crippen molar-refractivity contribution in [2.75, 3.05) is 0 Å². The molecule has 4 atom stereocenters. The summed E-state index contributed by atoms with van der Waals surface area (Å²) >= 11 is 0. The number of aliphatic carboxylic acids is 1. The molecule has 0 saturated heterocycles. The highest BCUT2D eigenvalue weighted by Crippen LogP contribution is 2.26. The lowest BCUT2D eigenvalue weighted by atomic mass is 9.83. The van der Waals surface area contributed by atoms with Crippen LogP contribution in [0.3, 0.4) is 0 Å². The molecule has 0 aromatic rings. The predicted molar refractivity (Wildman–Crippen MR) is 78.6 cm³/mol. The van der Waals surface area contributed by atoms with Gasteiger partial charge in [-0.15, -0.1) is 0 Å². The van der Waals surface area contributed by atoms with E-state index in [4.69, 9.17) is 0 Å². The Morgan fingerprint density at radius 1 is 1.25 bits per heavy atom. The molecule has 2 amide bonds. The molecule has 0 heterocycles. The van der Waals surface area contributed by atoms with Gasteiger partial charge in [0.25, 0.3) is 0 Å². The Morgan fingerprint density at radius 3 is 2.45 bits per heavy atom. The number of carbonyl (C=O) groups excluding carboxylic acids is 1. The van der Waals surface area contributed by atoms with Crippen LogP contribution in [0, 0.1) is 11.8 Å². The van der Waals surface area contributed by atoms with Crippen molar-refractivity contribution < 1.29 is 14.7 Å².